The van der Waals surface area contributed by atoms with Gasteiger partial charge in [-0.15, -0.1) is 0 Å². The maximum atomic E-state index is 13.3. The van der Waals surface area contributed by atoms with E-state index in [1.807, 2.05) is 32.0 Å². The van der Waals surface area contributed by atoms with Crippen LogP contribution in [0.25, 0.3) is 6.08 Å². The predicted octanol–water partition coefficient (Wildman–Crippen LogP) is 3.16. The number of nitrogens with zero attached hydrogens (tertiary/aromatic N) is 1. The monoisotopic (exact) mass is 426 g/mol. The number of methoxy groups -OCH3 is 3. The largest absolute Gasteiger partial charge is 0.493 e. The Bertz CT molecular complexity index is 1080. The number of rotatable bonds is 5. The minimum Gasteiger partial charge on any atom is -0.493 e. The maximum absolute atomic E-state index is 13.3. The summed E-state index contributed by atoms with van der Waals surface area (Å²) >= 11 is 5.29. The third-order valence-corrected chi connectivity index (χ3v) is 5.03. The number of anilines is 1. The summed E-state index contributed by atoms with van der Waals surface area (Å²) in [6.07, 6.45) is 1.46. The fourth-order valence-electron chi connectivity index (χ4n) is 3.23. The lowest BCUT2D eigenvalue weighted by Crippen LogP contribution is -2.54. The van der Waals surface area contributed by atoms with Gasteiger partial charge < -0.3 is 14.2 Å². The minimum atomic E-state index is -0.580. The topological polar surface area (TPSA) is 77.1 Å². The van der Waals surface area contributed by atoms with Gasteiger partial charge in [-0.2, -0.15) is 0 Å². The summed E-state index contributed by atoms with van der Waals surface area (Å²) in [5.74, 6) is 0.0723. The Labute approximate surface area is 180 Å². The normalized spacial score (nSPS) is 15.3. The number of carbonyl (C=O) groups is 2. The fourth-order valence-corrected chi connectivity index (χ4v) is 3.50. The van der Waals surface area contributed by atoms with E-state index in [1.54, 1.807) is 12.1 Å². The molecule has 1 aliphatic rings. The number of hydrogen-bond donors (Lipinski definition) is 1. The highest BCUT2D eigenvalue weighted by Gasteiger charge is 2.35. The second-order valence-electron chi connectivity index (χ2n) is 6.67. The van der Waals surface area contributed by atoms with Gasteiger partial charge in [0, 0.05) is 5.56 Å². The summed E-state index contributed by atoms with van der Waals surface area (Å²) in [6, 6.07) is 9.05. The van der Waals surface area contributed by atoms with Crippen molar-refractivity contribution in [3.8, 4) is 17.2 Å². The van der Waals surface area contributed by atoms with Crippen LogP contribution in [0.5, 0.6) is 17.2 Å². The Morgan fingerprint density at radius 3 is 2.30 bits per heavy atom. The van der Waals surface area contributed by atoms with Gasteiger partial charge in [0.25, 0.3) is 11.8 Å². The summed E-state index contributed by atoms with van der Waals surface area (Å²) in [5, 5.41) is 2.63. The van der Waals surface area contributed by atoms with Crippen molar-refractivity contribution in [2.24, 2.45) is 0 Å². The number of hydrogen-bond acceptors (Lipinski definition) is 6. The Hall–Kier alpha value is -3.39. The molecule has 1 saturated heterocycles. The Morgan fingerprint density at radius 1 is 0.967 bits per heavy atom. The third-order valence-electron chi connectivity index (χ3n) is 4.74. The molecule has 0 unspecified atom stereocenters. The van der Waals surface area contributed by atoms with Crippen LogP contribution in [0.15, 0.2) is 35.9 Å². The zero-order valence-corrected chi connectivity index (χ0v) is 18.2. The van der Waals surface area contributed by atoms with Crippen LogP contribution < -0.4 is 24.4 Å². The maximum Gasteiger partial charge on any atom is 0.270 e. The molecule has 1 heterocycles. The second-order valence-corrected chi connectivity index (χ2v) is 7.06. The number of nitrogens with one attached hydrogen (secondary N) is 1. The molecule has 1 aliphatic heterocycles. The molecular weight excluding hydrogens is 404 g/mol. The van der Waals surface area contributed by atoms with Crippen molar-refractivity contribution in [3.05, 3.63) is 52.6 Å². The van der Waals surface area contributed by atoms with Crippen LogP contribution in [-0.2, 0) is 9.59 Å². The number of ether oxygens (including phenoxy) is 3. The van der Waals surface area contributed by atoms with Crippen molar-refractivity contribution in [1.29, 1.82) is 0 Å². The van der Waals surface area contributed by atoms with Crippen LogP contribution >= 0.6 is 12.2 Å². The van der Waals surface area contributed by atoms with Crippen LogP contribution in [0.2, 0.25) is 0 Å². The molecule has 2 amide bonds. The molecule has 30 heavy (non-hydrogen) atoms. The van der Waals surface area contributed by atoms with E-state index in [2.05, 4.69) is 5.32 Å². The number of benzene rings is 2. The first-order valence-electron chi connectivity index (χ1n) is 9.10. The van der Waals surface area contributed by atoms with Gasteiger partial charge >= 0.3 is 0 Å². The van der Waals surface area contributed by atoms with Gasteiger partial charge in [0.05, 0.1) is 27.0 Å². The zero-order valence-electron chi connectivity index (χ0n) is 17.4. The highest BCUT2D eigenvalue weighted by atomic mass is 32.1. The molecule has 1 N–H and O–H groups in total. The lowest BCUT2D eigenvalue weighted by molar-refractivity contribution is -0.122. The lowest BCUT2D eigenvalue weighted by Gasteiger charge is -2.30. The highest BCUT2D eigenvalue weighted by Crippen LogP contribution is 2.41. The van der Waals surface area contributed by atoms with Gasteiger partial charge in [0.1, 0.15) is 5.57 Å². The molecule has 0 radical (unpaired) electrons. The lowest BCUT2D eigenvalue weighted by atomic mass is 10.0. The van der Waals surface area contributed by atoms with E-state index < -0.39 is 11.8 Å². The SMILES string of the molecule is COc1ccc(/C=C2\C(=O)NC(=S)N(c3cc(C)ccc3C)C2=O)c(OC)c1OC. The van der Waals surface area contributed by atoms with Crippen molar-refractivity contribution in [3.63, 3.8) is 0 Å². The molecular formula is C22H22N2O5S. The smallest absolute Gasteiger partial charge is 0.270 e. The van der Waals surface area contributed by atoms with Crippen molar-refractivity contribution in [2.75, 3.05) is 26.2 Å². The van der Waals surface area contributed by atoms with E-state index in [0.717, 1.165) is 11.1 Å². The molecule has 2 aromatic rings. The first-order valence-corrected chi connectivity index (χ1v) is 9.50. The molecule has 7 nitrogen and oxygen atoms in total. The summed E-state index contributed by atoms with van der Waals surface area (Å²) < 4.78 is 16.1. The van der Waals surface area contributed by atoms with Gasteiger partial charge in [-0.25, -0.2) is 0 Å². The van der Waals surface area contributed by atoms with Crippen molar-refractivity contribution in [2.45, 2.75) is 13.8 Å². The first kappa shape index (κ1) is 21.3. The van der Waals surface area contributed by atoms with Crippen LogP contribution in [0.3, 0.4) is 0 Å². The number of amides is 2. The molecule has 0 aromatic heterocycles. The van der Waals surface area contributed by atoms with Gasteiger partial charge in [0.15, 0.2) is 16.6 Å². The van der Waals surface area contributed by atoms with E-state index in [-0.39, 0.29) is 10.7 Å². The quantitative estimate of drug-likeness (QED) is 0.450. The minimum absolute atomic E-state index is 0.0372. The van der Waals surface area contributed by atoms with Crippen molar-refractivity contribution >= 4 is 40.9 Å². The van der Waals surface area contributed by atoms with E-state index in [9.17, 15) is 9.59 Å². The van der Waals surface area contributed by atoms with Crippen LogP contribution in [0, 0.1) is 13.8 Å². The van der Waals surface area contributed by atoms with E-state index in [0.29, 0.717) is 28.5 Å². The average molecular weight is 426 g/mol. The molecule has 156 valence electrons. The molecule has 3 rings (SSSR count). The number of thiocarbonyl (C=S) groups is 1. The molecule has 0 atom stereocenters. The molecule has 0 saturated carbocycles. The molecule has 0 aliphatic carbocycles. The Kier molecular flexibility index (Phi) is 6.07. The summed E-state index contributed by atoms with van der Waals surface area (Å²) in [7, 11) is 4.46. The fraction of sp³-hybridized carbons (Fsp3) is 0.227. The second kappa shape index (κ2) is 8.54. The van der Waals surface area contributed by atoms with Crippen molar-refractivity contribution < 1.29 is 23.8 Å². The highest BCUT2D eigenvalue weighted by molar-refractivity contribution is 7.80. The molecule has 8 heteroatoms. The van der Waals surface area contributed by atoms with E-state index in [4.69, 9.17) is 26.4 Å². The summed E-state index contributed by atoms with van der Waals surface area (Å²) in [6.45, 7) is 3.80. The van der Waals surface area contributed by atoms with Gasteiger partial charge in [-0.3, -0.25) is 19.8 Å². The number of carbonyl (C=O) groups excluding carboxylic acids is 2. The molecule has 0 spiro atoms. The summed E-state index contributed by atoms with van der Waals surface area (Å²) in [5.41, 5.74) is 2.86. The zero-order chi connectivity index (χ0) is 22.0. The van der Waals surface area contributed by atoms with Crippen molar-refractivity contribution in [1.82, 2.24) is 5.32 Å². The summed E-state index contributed by atoms with van der Waals surface area (Å²) in [4.78, 5) is 27.3. The van der Waals surface area contributed by atoms with E-state index >= 15 is 0 Å². The molecule has 0 bridgehead atoms. The van der Waals surface area contributed by atoms with Crippen LogP contribution in [0.4, 0.5) is 5.69 Å². The van der Waals surface area contributed by atoms with Gasteiger partial charge in [-0.05, 0) is 61.5 Å². The van der Waals surface area contributed by atoms with Gasteiger partial charge in [-0.1, -0.05) is 12.1 Å². The van der Waals surface area contributed by atoms with Crippen LogP contribution in [-0.4, -0.2) is 38.3 Å². The Balaban J connectivity index is 2.13. The average Bonchev–Trinajstić information content (AvgIpc) is 2.72. The standard InChI is InChI=1S/C22H22N2O5S/c1-12-6-7-13(2)16(10-12)24-21(26)15(20(25)23-22(24)30)11-14-8-9-17(27-3)19(29-5)18(14)28-4/h6-11H,1-5H3,(H,23,25,30)/b15-11+. The van der Waals surface area contributed by atoms with Gasteiger partial charge in [0.2, 0.25) is 5.75 Å². The van der Waals surface area contributed by atoms with E-state index in [1.165, 1.54) is 32.3 Å². The molecule has 2 aromatic carbocycles. The predicted molar refractivity (Wildman–Crippen MR) is 118 cm³/mol. The number of aryl methyl sites for hydroxylation is 2. The van der Waals surface area contributed by atoms with Crippen LogP contribution in [0.1, 0.15) is 16.7 Å². The molecule has 1 fully saturated rings. The third kappa shape index (κ3) is 3.73. The first-order chi connectivity index (χ1) is 14.3. The Morgan fingerprint density at radius 2 is 1.67 bits per heavy atom.